The number of carboxylic acids is 1. The minimum absolute atomic E-state index is 0.0436. The molecule has 2 unspecified atom stereocenters. The standard InChI is InChI=1S/C25H40F3N3O3/c1-4-12-31(18-30-15-13-29(3)14-16-30)24(2)11-5-6-20(17-22(32)33)23(24)19-7-9-21(10-8-19)34-25(26,27)28/h5-6,11,19,21,23H,4,7-10,12-18H2,1-3H3,(H,32,33). The first-order valence-corrected chi connectivity index (χ1v) is 12.5. The second-order valence-corrected chi connectivity index (χ2v) is 10.3. The molecular weight excluding hydrogens is 447 g/mol. The summed E-state index contributed by atoms with van der Waals surface area (Å²) in [5.41, 5.74) is 0.471. The third-order valence-electron chi connectivity index (χ3n) is 7.76. The maximum Gasteiger partial charge on any atom is 0.522 e. The van der Waals surface area contributed by atoms with E-state index in [0.717, 1.165) is 51.4 Å². The predicted octanol–water partition coefficient (Wildman–Crippen LogP) is 4.34. The summed E-state index contributed by atoms with van der Waals surface area (Å²) in [5, 5.41) is 9.61. The smallest absolute Gasteiger partial charge is 0.481 e. The van der Waals surface area contributed by atoms with Crippen molar-refractivity contribution in [2.45, 2.75) is 70.4 Å². The fourth-order valence-electron chi connectivity index (χ4n) is 6.07. The molecule has 0 radical (unpaired) electrons. The van der Waals surface area contributed by atoms with Crippen LogP contribution in [0.1, 0.15) is 52.4 Å². The zero-order chi connectivity index (χ0) is 24.9. The molecule has 1 saturated heterocycles. The summed E-state index contributed by atoms with van der Waals surface area (Å²) >= 11 is 0. The number of allylic oxidation sites excluding steroid dienone is 2. The van der Waals surface area contributed by atoms with Gasteiger partial charge in [-0.1, -0.05) is 30.7 Å². The van der Waals surface area contributed by atoms with E-state index >= 15 is 0 Å². The number of rotatable bonds is 9. The van der Waals surface area contributed by atoms with Crippen LogP contribution in [0.15, 0.2) is 23.8 Å². The van der Waals surface area contributed by atoms with Gasteiger partial charge in [-0.25, -0.2) is 0 Å². The van der Waals surface area contributed by atoms with Crippen molar-refractivity contribution in [1.82, 2.24) is 14.7 Å². The number of carbonyl (C=O) groups is 1. The first-order chi connectivity index (χ1) is 16.0. The van der Waals surface area contributed by atoms with E-state index in [1.807, 2.05) is 12.2 Å². The first-order valence-electron chi connectivity index (χ1n) is 12.5. The van der Waals surface area contributed by atoms with Crippen LogP contribution >= 0.6 is 0 Å². The number of hydrogen-bond acceptors (Lipinski definition) is 5. The summed E-state index contributed by atoms with van der Waals surface area (Å²) < 4.78 is 42.5. The zero-order valence-corrected chi connectivity index (χ0v) is 20.7. The average molecular weight is 488 g/mol. The van der Waals surface area contributed by atoms with Gasteiger partial charge in [0.05, 0.1) is 19.2 Å². The monoisotopic (exact) mass is 487 g/mol. The van der Waals surface area contributed by atoms with Crippen LogP contribution in [0.2, 0.25) is 0 Å². The molecule has 0 aromatic heterocycles. The Balaban J connectivity index is 1.82. The lowest BCUT2D eigenvalue weighted by Crippen LogP contribution is -2.59. The molecule has 0 bridgehead atoms. The Labute approximate surface area is 201 Å². The molecule has 2 atom stereocenters. The van der Waals surface area contributed by atoms with E-state index in [2.05, 4.69) is 46.4 Å². The normalized spacial score (nSPS) is 31.6. The molecule has 194 valence electrons. The number of ether oxygens (including phenoxy) is 1. The highest BCUT2D eigenvalue weighted by molar-refractivity contribution is 5.70. The van der Waals surface area contributed by atoms with Gasteiger partial charge in [0.2, 0.25) is 0 Å². The minimum atomic E-state index is -4.62. The topological polar surface area (TPSA) is 56.2 Å². The molecule has 6 nitrogen and oxygen atoms in total. The van der Waals surface area contributed by atoms with E-state index in [0.29, 0.717) is 25.7 Å². The van der Waals surface area contributed by atoms with Crippen LogP contribution in [0.3, 0.4) is 0 Å². The van der Waals surface area contributed by atoms with Gasteiger partial charge in [-0.3, -0.25) is 19.3 Å². The first kappa shape index (κ1) is 27.2. The molecule has 9 heteroatoms. The Morgan fingerprint density at radius 2 is 1.85 bits per heavy atom. The number of likely N-dealkylation sites (N-methyl/N-ethyl adjacent to an activating group) is 1. The molecule has 2 fully saturated rings. The maximum absolute atomic E-state index is 12.7. The Kier molecular flexibility index (Phi) is 9.23. The van der Waals surface area contributed by atoms with E-state index in [-0.39, 0.29) is 18.3 Å². The highest BCUT2D eigenvalue weighted by Gasteiger charge is 2.47. The Bertz CT molecular complexity index is 741. The van der Waals surface area contributed by atoms with Crippen LogP contribution in [0.25, 0.3) is 0 Å². The number of hydrogen-bond donors (Lipinski definition) is 1. The van der Waals surface area contributed by atoms with Crippen LogP contribution in [0.5, 0.6) is 0 Å². The zero-order valence-electron chi connectivity index (χ0n) is 20.7. The third kappa shape index (κ3) is 7.06. The second kappa shape index (κ2) is 11.5. The summed E-state index contributed by atoms with van der Waals surface area (Å²) in [4.78, 5) is 19.0. The Morgan fingerprint density at radius 1 is 1.21 bits per heavy atom. The molecule has 2 aliphatic carbocycles. The number of nitrogens with zero attached hydrogens (tertiary/aromatic N) is 3. The molecular formula is C25H40F3N3O3. The molecule has 3 rings (SSSR count). The van der Waals surface area contributed by atoms with Crippen molar-refractivity contribution in [2.75, 3.05) is 46.4 Å². The number of aliphatic carboxylic acids is 1. The van der Waals surface area contributed by atoms with Crippen molar-refractivity contribution in [2.24, 2.45) is 11.8 Å². The molecule has 0 aromatic carbocycles. The largest absolute Gasteiger partial charge is 0.522 e. The molecule has 3 aliphatic rings. The molecule has 0 spiro atoms. The molecule has 1 heterocycles. The summed E-state index contributed by atoms with van der Waals surface area (Å²) in [7, 11) is 2.13. The lowest BCUT2D eigenvalue weighted by atomic mass is 9.64. The highest BCUT2D eigenvalue weighted by atomic mass is 19.4. The number of halogens is 3. The number of alkyl halides is 3. The van der Waals surface area contributed by atoms with Crippen molar-refractivity contribution in [3.63, 3.8) is 0 Å². The summed E-state index contributed by atoms with van der Waals surface area (Å²) in [6.45, 7) is 10.0. The van der Waals surface area contributed by atoms with Gasteiger partial charge >= 0.3 is 12.3 Å². The van der Waals surface area contributed by atoms with Gasteiger partial charge in [-0.05, 0) is 58.5 Å². The van der Waals surface area contributed by atoms with Crippen molar-refractivity contribution in [3.05, 3.63) is 23.8 Å². The molecule has 0 aromatic rings. The third-order valence-corrected chi connectivity index (χ3v) is 7.76. The Morgan fingerprint density at radius 3 is 2.41 bits per heavy atom. The van der Waals surface area contributed by atoms with E-state index in [1.54, 1.807) is 0 Å². The van der Waals surface area contributed by atoms with Crippen LogP contribution in [-0.2, 0) is 9.53 Å². The molecule has 1 N–H and O–H groups in total. The van der Waals surface area contributed by atoms with Crippen LogP contribution in [0.4, 0.5) is 13.2 Å². The van der Waals surface area contributed by atoms with E-state index in [4.69, 9.17) is 0 Å². The lowest BCUT2D eigenvalue weighted by molar-refractivity contribution is -0.346. The summed E-state index contributed by atoms with van der Waals surface area (Å²) in [6.07, 6.45) is 3.44. The lowest BCUT2D eigenvalue weighted by Gasteiger charge is -2.52. The van der Waals surface area contributed by atoms with Crippen molar-refractivity contribution in [1.29, 1.82) is 0 Å². The van der Waals surface area contributed by atoms with Crippen molar-refractivity contribution in [3.8, 4) is 0 Å². The average Bonchev–Trinajstić information content (AvgIpc) is 2.74. The van der Waals surface area contributed by atoms with Gasteiger partial charge in [0.15, 0.2) is 0 Å². The van der Waals surface area contributed by atoms with E-state index < -0.39 is 24.0 Å². The maximum atomic E-state index is 12.7. The quantitative estimate of drug-likeness (QED) is 0.522. The fourth-order valence-corrected chi connectivity index (χ4v) is 6.07. The van der Waals surface area contributed by atoms with Crippen molar-refractivity contribution >= 4 is 5.97 Å². The molecule has 1 saturated carbocycles. The summed E-state index contributed by atoms with van der Waals surface area (Å²) in [6, 6.07) is 0. The van der Waals surface area contributed by atoms with Crippen LogP contribution in [-0.4, -0.2) is 90.2 Å². The SMILES string of the molecule is CCCN(CN1CCN(C)CC1)C1(C)C=CC=C(CC(=O)O)C1C1CCC(OC(F)(F)F)CC1. The molecule has 0 amide bonds. The van der Waals surface area contributed by atoms with Gasteiger partial charge in [0, 0.05) is 37.6 Å². The van der Waals surface area contributed by atoms with Crippen LogP contribution < -0.4 is 0 Å². The van der Waals surface area contributed by atoms with Gasteiger partial charge < -0.3 is 10.0 Å². The summed E-state index contributed by atoms with van der Waals surface area (Å²) in [5.74, 6) is -0.816. The second-order valence-electron chi connectivity index (χ2n) is 10.3. The fraction of sp³-hybridized carbons (Fsp3) is 0.800. The van der Waals surface area contributed by atoms with Gasteiger partial charge in [0.1, 0.15) is 0 Å². The highest BCUT2D eigenvalue weighted by Crippen LogP contribution is 2.47. The Hall–Kier alpha value is -1.42. The van der Waals surface area contributed by atoms with Gasteiger partial charge in [0.25, 0.3) is 0 Å². The van der Waals surface area contributed by atoms with E-state index in [1.165, 1.54) is 0 Å². The minimum Gasteiger partial charge on any atom is -0.481 e. The van der Waals surface area contributed by atoms with Gasteiger partial charge in [-0.15, -0.1) is 13.2 Å². The molecule has 34 heavy (non-hydrogen) atoms. The van der Waals surface area contributed by atoms with Gasteiger partial charge in [-0.2, -0.15) is 0 Å². The van der Waals surface area contributed by atoms with Crippen LogP contribution in [0, 0.1) is 11.8 Å². The number of piperazine rings is 1. The predicted molar refractivity (Wildman–Crippen MR) is 125 cm³/mol. The van der Waals surface area contributed by atoms with E-state index in [9.17, 15) is 23.1 Å². The molecule has 1 aliphatic heterocycles. The van der Waals surface area contributed by atoms with Crippen molar-refractivity contribution < 1.29 is 27.8 Å². The number of carboxylic acid groups (broad SMARTS) is 1.